The minimum Gasteiger partial charge on any atom is -0.396 e. The van der Waals surface area contributed by atoms with Crippen LogP contribution < -0.4 is 11.5 Å². The zero-order valence-corrected chi connectivity index (χ0v) is 18.0. The molecule has 1 saturated heterocycles. The highest BCUT2D eigenvalue weighted by Gasteiger charge is 2.34. The SMILES string of the molecule is NC(=O)c1ccc(-c2ccc(CN3CCN(C(=O)n4cc(N)cn4)CC3)c(C(F)(F)F)c2)cn1. The maximum absolute atomic E-state index is 13.9. The van der Waals surface area contributed by atoms with Crippen LogP contribution in [0.3, 0.4) is 0 Å². The third-order valence-corrected chi connectivity index (χ3v) is 5.60. The van der Waals surface area contributed by atoms with Crippen molar-refractivity contribution in [3.63, 3.8) is 0 Å². The number of halogens is 3. The molecule has 1 aromatic carbocycles. The monoisotopic (exact) mass is 473 g/mol. The van der Waals surface area contributed by atoms with Gasteiger partial charge in [-0.2, -0.15) is 23.0 Å². The third kappa shape index (κ3) is 5.01. The van der Waals surface area contributed by atoms with Crippen LogP contribution in [0.15, 0.2) is 48.9 Å². The van der Waals surface area contributed by atoms with Gasteiger partial charge in [0.05, 0.1) is 23.6 Å². The average Bonchev–Trinajstić information content (AvgIpc) is 3.25. The lowest BCUT2D eigenvalue weighted by Gasteiger charge is -2.34. The van der Waals surface area contributed by atoms with Gasteiger partial charge in [-0.15, -0.1) is 0 Å². The van der Waals surface area contributed by atoms with Crippen LogP contribution in [-0.2, 0) is 12.7 Å². The number of carbonyl (C=O) groups excluding carboxylic acids is 2. The molecule has 178 valence electrons. The summed E-state index contributed by atoms with van der Waals surface area (Å²) < 4.78 is 42.7. The molecule has 1 fully saturated rings. The fourth-order valence-electron chi connectivity index (χ4n) is 3.79. The van der Waals surface area contributed by atoms with Crippen molar-refractivity contribution in [3.8, 4) is 11.1 Å². The van der Waals surface area contributed by atoms with Crippen LogP contribution in [0.4, 0.5) is 23.7 Å². The molecule has 2 aromatic heterocycles. The number of pyridine rings is 1. The Morgan fingerprint density at radius 2 is 1.71 bits per heavy atom. The number of nitrogen functional groups attached to an aromatic ring is 1. The molecule has 0 radical (unpaired) electrons. The Labute approximate surface area is 192 Å². The minimum absolute atomic E-state index is 0.0325. The molecule has 0 saturated carbocycles. The Balaban J connectivity index is 1.47. The fraction of sp³-hybridized carbons (Fsp3) is 0.273. The van der Waals surface area contributed by atoms with Gasteiger partial charge in [0, 0.05) is 44.5 Å². The van der Waals surface area contributed by atoms with E-state index in [2.05, 4.69) is 10.1 Å². The van der Waals surface area contributed by atoms with Gasteiger partial charge in [0.15, 0.2) is 0 Å². The summed E-state index contributed by atoms with van der Waals surface area (Å²) in [6.07, 6.45) is -0.441. The second-order valence-electron chi connectivity index (χ2n) is 7.93. The van der Waals surface area contributed by atoms with E-state index in [1.165, 1.54) is 36.8 Å². The lowest BCUT2D eigenvalue weighted by Crippen LogP contribution is -2.49. The molecule has 0 aliphatic carbocycles. The quantitative estimate of drug-likeness (QED) is 0.600. The smallest absolute Gasteiger partial charge is 0.396 e. The Morgan fingerprint density at radius 3 is 2.26 bits per heavy atom. The fourth-order valence-corrected chi connectivity index (χ4v) is 3.79. The lowest BCUT2D eigenvalue weighted by molar-refractivity contribution is -0.138. The summed E-state index contributed by atoms with van der Waals surface area (Å²) in [4.78, 5) is 31.0. The third-order valence-electron chi connectivity index (χ3n) is 5.60. The Bertz CT molecular complexity index is 1200. The van der Waals surface area contributed by atoms with Gasteiger partial charge in [0.25, 0.3) is 5.91 Å². The van der Waals surface area contributed by atoms with Crippen LogP contribution in [0.2, 0.25) is 0 Å². The molecule has 0 bridgehead atoms. The highest BCUT2D eigenvalue weighted by Crippen LogP contribution is 2.35. The van der Waals surface area contributed by atoms with Gasteiger partial charge in [-0.3, -0.25) is 14.7 Å². The molecule has 0 spiro atoms. The van der Waals surface area contributed by atoms with Gasteiger partial charge >= 0.3 is 12.2 Å². The number of nitrogens with two attached hydrogens (primary N) is 2. The first-order valence-electron chi connectivity index (χ1n) is 10.4. The number of nitrogens with zero attached hydrogens (tertiary/aromatic N) is 5. The van der Waals surface area contributed by atoms with E-state index in [9.17, 15) is 22.8 Å². The van der Waals surface area contributed by atoms with Gasteiger partial charge in [-0.1, -0.05) is 18.2 Å². The lowest BCUT2D eigenvalue weighted by atomic mass is 9.99. The standard InChI is InChI=1S/C22H22F3N7O2/c23-22(24,25)18-9-14(15-3-4-19(20(27)33)28-10-15)1-2-16(18)12-30-5-7-31(8-6-30)21(34)32-13-17(26)11-29-32/h1-4,9-11,13H,5-8,12,26H2,(H2,27,33). The first-order chi connectivity index (χ1) is 16.1. The summed E-state index contributed by atoms with van der Waals surface area (Å²) in [5.74, 6) is -0.714. The predicted octanol–water partition coefficient (Wildman–Crippen LogP) is 2.43. The number of piperazine rings is 1. The van der Waals surface area contributed by atoms with Crippen LogP contribution in [-0.4, -0.2) is 62.7 Å². The molecule has 4 rings (SSSR count). The number of hydrogen-bond acceptors (Lipinski definition) is 6. The summed E-state index contributed by atoms with van der Waals surface area (Å²) in [6, 6.07) is 6.67. The number of amides is 2. The van der Waals surface area contributed by atoms with Crippen molar-refractivity contribution in [3.05, 3.63) is 65.7 Å². The Morgan fingerprint density at radius 1 is 1.00 bits per heavy atom. The Hall–Kier alpha value is -3.93. The minimum atomic E-state index is -4.55. The molecule has 0 unspecified atom stereocenters. The van der Waals surface area contributed by atoms with Crippen molar-refractivity contribution in [1.29, 1.82) is 0 Å². The van der Waals surface area contributed by atoms with Crippen molar-refractivity contribution >= 4 is 17.6 Å². The number of primary amides is 1. The normalized spacial score (nSPS) is 14.9. The van der Waals surface area contributed by atoms with Gasteiger partial charge in [-0.25, -0.2) is 4.79 Å². The van der Waals surface area contributed by atoms with Gasteiger partial charge in [-0.05, 0) is 23.3 Å². The zero-order valence-electron chi connectivity index (χ0n) is 18.0. The summed E-state index contributed by atoms with van der Waals surface area (Å²) >= 11 is 0. The van der Waals surface area contributed by atoms with Crippen molar-refractivity contribution < 1.29 is 22.8 Å². The number of aromatic nitrogens is 3. The van der Waals surface area contributed by atoms with Crippen molar-refractivity contribution in [2.24, 2.45) is 5.73 Å². The van der Waals surface area contributed by atoms with Crippen molar-refractivity contribution in [2.75, 3.05) is 31.9 Å². The number of benzene rings is 1. The molecule has 12 heteroatoms. The molecule has 2 amide bonds. The van der Waals surface area contributed by atoms with E-state index in [1.807, 2.05) is 4.90 Å². The summed E-state index contributed by atoms with van der Waals surface area (Å²) in [5, 5.41) is 3.90. The average molecular weight is 473 g/mol. The first kappa shape index (κ1) is 23.2. The van der Waals surface area contributed by atoms with Crippen LogP contribution in [0.1, 0.15) is 21.6 Å². The van der Waals surface area contributed by atoms with Gasteiger partial charge < -0.3 is 16.4 Å². The van der Waals surface area contributed by atoms with Crippen LogP contribution >= 0.6 is 0 Å². The maximum atomic E-state index is 13.9. The van der Waals surface area contributed by atoms with E-state index in [4.69, 9.17) is 11.5 Å². The second kappa shape index (κ2) is 9.14. The van der Waals surface area contributed by atoms with Crippen molar-refractivity contribution in [2.45, 2.75) is 12.7 Å². The molecule has 3 heterocycles. The topological polar surface area (TPSA) is 123 Å². The van der Waals surface area contributed by atoms with Crippen LogP contribution in [0.5, 0.6) is 0 Å². The number of anilines is 1. The summed E-state index contributed by atoms with van der Waals surface area (Å²) in [7, 11) is 0. The highest BCUT2D eigenvalue weighted by molar-refractivity contribution is 5.91. The Kier molecular flexibility index (Phi) is 6.24. The van der Waals surface area contributed by atoms with E-state index in [1.54, 1.807) is 11.0 Å². The van der Waals surface area contributed by atoms with Crippen LogP contribution in [0, 0.1) is 0 Å². The molecule has 1 aliphatic heterocycles. The number of hydrogen-bond donors (Lipinski definition) is 2. The number of alkyl halides is 3. The molecule has 0 atom stereocenters. The zero-order chi connectivity index (χ0) is 24.5. The van der Waals surface area contributed by atoms with Gasteiger partial charge in [0.1, 0.15) is 5.69 Å². The summed E-state index contributed by atoms with van der Waals surface area (Å²) in [5.41, 5.74) is 11.3. The molecule has 9 nitrogen and oxygen atoms in total. The van der Waals surface area contributed by atoms with E-state index >= 15 is 0 Å². The van der Waals surface area contributed by atoms with Crippen LogP contribution in [0.25, 0.3) is 11.1 Å². The molecule has 4 N–H and O–H groups in total. The first-order valence-corrected chi connectivity index (χ1v) is 10.4. The molecular formula is C22H22F3N7O2. The van der Waals surface area contributed by atoms with Crippen molar-refractivity contribution in [1.82, 2.24) is 24.6 Å². The van der Waals surface area contributed by atoms with E-state index in [0.717, 1.165) is 10.7 Å². The highest BCUT2D eigenvalue weighted by atomic mass is 19.4. The van der Waals surface area contributed by atoms with Gasteiger partial charge in [0.2, 0.25) is 0 Å². The number of carbonyl (C=O) groups is 2. The maximum Gasteiger partial charge on any atom is 0.416 e. The van der Waals surface area contributed by atoms with E-state index in [0.29, 0.717) is 43.0 Å². The second-order valence-corrected chi connectivity index (χ2v) is 7.93. The van der Waals surface area contributed by atoms with E-state index < -0.39 is 17.6 Å². The molecule has 34 heavy (non-hydrogen) atoms. The van der Waals surface area contributed by atoms with E-state index in [-0.39, 0.29) is 23.8 Å². The molecular weight excluding hydrogens is 451 g/mol. The number of rotatable bonds is 4. The summed E-state index contributed by atoms with van der Waals surface area (Å²) in [6.45, 7) is 1.64. The molecule has 1 aliphatic rings. The predicted molar refractivity (Wildman–Crippen MR) is 117 cm³/mol. The molecule has 3 aromatic rings. The largest absolute Gasteiger partial charge is 0.416 e.